The van der Waals surface area contributed by atoms with Crippen molar-refractivity contribution in [2.75, 3.05) is 24.6 Å². The lowest BCUT2D eigenvalue weighted by Gasteiger charge is -2.17. The predicted molar refractivity (Wildman–Crippen MR) is 92.2 cm³/mol. The molecule has 1 heterocycles. The lowest BCUT2D eigenvalue weighted by atomic mass is 10.2. The number of esters is 1. The van der Waals surface area contributed by atoms with Crippen molar-refractivity contribution in [2.45, 2.75) is 6.42 Å². The summed E-state index contributed by atoms with van der Waals surface area (Å²) in [6, 6.07) is 12.5. The molecule has 1 aliphatic heterocycles. The Labute approximate surface area is 149 Å². The fourth-order valence-corrected chi connectivity index (χ4v) is 2.72. The molecule has 0 unspecified atom stereocenters. The second-order valence-corrected chi connectivity index (χ2v) is 5.77. The van der Waals surface area contributed by atoms with Gasteiger partial charge in [-0.05, 0) is 42.3 Å². The number of hydrogen-bond acceptors (Lipinski definition) is 4. The number of fused-ring (bicyclic) bond motifs is 1. The zero-order chi connectivity index (χ0) is 18.5. The van der Waals surface area contributed by atoms with Crippen LogP contribution in [0.4, 0.5) is 10.1 Å². The summed E-state index contributed by atoms with van der Waals surface area (Å²) >= 11 is 0. The summed E-state index contributed by atoms with van der Waals surface area (Å²) in [6.45, 7) is -0.212. The van der Waals surface area contributed by atoms with Gasteiger partial charge in [-0.25, -0.2) is 4.39 Å². The maximum atomic E-state index is 12.8. The molecule has 2 aromatic carbocycles. The van der Waals surface area contributed by atoms with Gasteiger partial charge in [-0.1, -0.05) is 18.2 Å². The molecule has 0 aliphatic carbocycles. The van der Waals surface area contributed by atoms with E-state index in [-0.39, 0.29) is 24.6 Å². The Morgan fingerprint density at radius 1 is 1.08 bits per heavy atom. The number of ether oxygens (including phenoxy) is 1. The molecule has 0 radical (unpaired) electrons. The lowest BCUT2D eigenvalue weighted by molar-refractivity contribution is -0.146. The van der Waals surface area contributed by atoms with Crippen LogP contribution in [0.1, 0.15) is 15.9 Å². The monoisotopic (exact) mass is 356 g/mol. The number of para-hydroxylation sites is 1. The van der Waals surface area contributed by atoms with Gasteiger partial charge in [0.1, 0.15) is 12.4 Å². The SMILES string of the molecule is O=C(CNC(=O)c1ccc(F)cc1)OCC(=O)N1CCc2ccccc21. The van der Waals surface area contributed by atoms with Crippen LogP contribution in [0.5, 0.6) is 0 Å². The molecular weight excluding hydrogens is 339 g/mol. The maximum absolute atomic E-state index is 12.8. The van der Waals surface area contributed by atoms with Crippen LogP contribution in [0, 0.1) is 5.82 Å². The highest BCUT2D eigenvalue weighted by atomic mass is 19.1. The van der Waals surface area contributed by atoms with Crippen molar-refractivity contribution < 1.29 is 23.5 Å². The molecule has 0 atom stereocenters. The average Bonchev–Trinajstić information content (AvgIpc) is 3.09. The van der Waals surface area contributed by atoms with Gasteiger partial charge < -0.3 is 15.0 Å². The van der Waals surface area contributed by atoms with Crippen LogP contribution >= 0.6 is 0 Å². The predicted octanol–water partition coefficient (Wildman–Crippen LogP) is 1.69. The average molecular weight is 356 g/mol. The molecule has 2 aromatic rings. The Hall–Kier alpha value is -3.22. The molecule has 2 amide bonds. The third kappa shape index (κ3) is 4.05. The highest BCUT2D eigenvalue weighted by Crippen LogP contribution is 2.27. The van der Waals surface area contributed by atoms with E-state index in [0.717, 1.165) is 29.8 Å². The minimum Gasteiger partial charge on any atom is -0.454 e. The molecular formula is C19H17FN2O4. The molecule has 7 heteroatoms. The first-order valence-corrected chi connectivity index (χ1v) is 8.12. The highest BCUT2D eigenvalue weighted by Gasteiger charge is 2.24. The number of halogens is 1. The molecule has 1 N–H and O–H groups in total. The van der Waals surface area contributed by atoms with Gasteiger partial charge in [-0.3, -0.25) is 14.4 Å². The number of carbonyl (C=O) groups is 3. The molecule has 134 valence electrons. The molecule has 0 saturated heterocycles. The summed E-state index contributed by atoms with van der Waals surface area (Å²) in [5, 5.41) is 2.37. The van der Waals surface area contributed by atoms with Crippen LogP contribution in [0.25, 0.3) is 0 Å². The van der Waals surface area contributed by atoms with E-state index in [9.17, 15) is 18.8 Å². The van der Waals surface area contributed by atoms with E-state index in [2.05, 4.69) is 5.32 Å². The zero-order valence-corrected chi connectivity index (χ0v) is 13.9. The smallest absolute Gasteiger partial charge is 0.325 e. The molecule has 26 heavy (non-hydrogen) atoms. The number of amides is 2. The summed E-state index contributed by atoms with van der Waals surface area (Å²) in [4.78, 5) is 37.4. The third-order valence-electron chi connectivity index (χ3n) is 4.04. The van der Waals surface area contributed by atoms with Crippen molar-refractivity contribution >= 4 is 23.5 Å². The Kier molecular flexibility index (Phi) is 5.26. The van der Waals surface area contributed by atoms with E-state index in [1.54, 1.807) is 4.90 Å². The summed E-state index contributed by atoms with van der Waals surface area (Å²) in [5.41, 5.74) is 2.14. The van der Waals surface area contributed by atoms with Gasteiger partial charge in [0.05, 0.1) is 0 Å². The minimum absolute atomic E-state index is 0.226. The van der Waals surface area contributed by atoms with E-state index >= 15 is 0 Å². The maximum Gasteiger partial charge on any atom is 0.325 e. The highest BCUT2D eigenvalue weighted by molar-refractivity contribution is 5.98. The number of nitrogens with one attached hydrogen (secondary N) is 1. The van der Waals surface area contributed by atoms with Gasteiger partial charge in [0, 0.05) is 17.8 Å². The number of rotatable bonds is 5. The normalized spacial score (nSPS) is 12.4. The third-order valence-corrected chi connectivity index (χ3v) is 4.04. The molecule has 0 bridgehead atoms. The van der Waals surface area contributed by atoms with Crippen molar-refractivity contribution in [2.24, 2.45) is 0 Å². The van der Waals surface area contributed by atoms with Gasteiger partial charge in [0.2, 0.25) is 0 Å². The van der Waals surface area contributed by atoms with E-state index < -0.39 is 17.7 Å². The van der Waals surface area contributed by atoms with Gasteiger partial charge in [-0.2, -0.15) is 0 Å². The first-order valence-electron chi connectivity index (χ1n) is 8.12. The molecule has 0 aromatic heterocycles. The van der Waals surface area contributed by atoms with Crippen molar-refractivity contribution in [3.63, 3.8) is 0 Å². The van der Waals surface area contributed by atoms with Crippen LogP contribution in [0.2, 0.25) is 0 Å². The molecule has 3 rings (SSSR count). The summed E-state index contributed by atoms with van der Waals surface area (Å²) < 4.78 is 17.8. The fraction of sp³-hybridized carbons (Fsp3) is 0.211. The molecule has 0 spiro atoms. The van der Waals surface area contributed by atoms with Gasteiger partial charge in [0.25, 0.3) is 11.8 Å². The Morgan fingerprint density at radius 2 is 1.81 bits per heavy atom. The van der Waals surface area contributed by atoms with E-state index in [1.807, 2.05) is 24.3 Å². The summed E-state index contributed by atoms with van der Waals surface area (Å²) in [7, 11) is 0. The Balaban J connectivity index is 1.45. The van der Waals surface area contributed by atoms with E-state index in [0.29, 0.717) is 6.54 Å². The summed E-state index contributed by atoms with van der Waals surface area (Å²) in [6.07, 6.45) is 0.767. The first-order chi connectivity index (χ1) is 12.5. The van der Waals surface area contributed by atoms with E-state index in [4.69, 9.17) is 4.74 Å². The fourth-order valence-electron chi connectivity index (χ4n) is 2.72. The molecule has 0 saturated carbocycles. The molecule has 0 fully saturated rings. The van der Waals surface area contributed by atoms with Crippen LogP contribution in [-0.4, -0.2) is 37.5 Å². The standard InChI is InChI=1S/C19H17FN2O4/c20-15-7-5-14(6-8-15)19(25)21-11-18(24)26-12-17(23)22-10-9-13-3-1-2-4-16(13)22/h1-8H,9-12H2,(H,21,25). The molecule has 1 aliphatic rings. The minimum atomic E-state index is -0.721. The number of nitrogens with zero attached hydrogens (tertiary/aromatic N) is 1. The van der Waals surface area contributed by atoms with Gasteiger partial charge in [-0.15, -0.1) is 0 Å². The van der Waals surface area contributed by atoms with Crippen LogP contribution in [-0.2, 0) is 20.7 Å². The second-order valence-electron chi connectivity index (χ2n) is 5.77. The zero-order valence-electron chi connectivity index (χ0n) is 13.9. The van der Waals surface area contributed by atoms with Gasteiger partial charge in [0.15, 0.2) is 6.61 Å². The Morgan fingerprint density at radius 3 is 2.58 bits per heavy atom. The lowest BCUT2D eigenvalue weighted by Crippen LogP contribution is -2.35. The van der Waals surface area contributed by atoms with Crippen molar-refractivity contribution in [3.05, 3.63) is 65.5 Å². The second kappa shape index (κ2) is 7.77. The van der Waals surface area contributed by atoms with Crippen LogP contribution < -0.4 is 10.2 Å². The van der Waals surface area contributed by atoms with Crippen molar-refractivity contribution in [1.82, 2.24) is 5.32 Å². The number of benzene rings is 2. The van der Waals surface area contributed by atoms with Gasteiger partial charge >= 0.3 is 5.97 Å². The number of hydrogen-bond donors (Lipinski definition) is 1. The topological polar surface area (TPSA) is 75.7 Å². The molecule has 6 nitrogen and oxygen atoms in total. The van der Waals surface area contributed by atoms with Crippen molar-refractivity contribution in [3.8, 4) is 0 Å². The number of carbonyl (C=O) groups excluding carboxylic acids is 3. The quantitative estimate of drug-likeness (QED) is 0.828. The summed E-state index contributed by atoms with van der Waals surface area (Å²) in [5.74, 6) is -2.01. The van der Waals surface area contributed by atoms with Crippen molar-refractivity contribution in [1.29, 1.82) is 0 Å². The first kappa shape index (κ1) is 17.6. The Bertz CT molecular complexity index is 836. The van der Waals surface area contributed by atoms with Crippen LogP contribution in [0.15, 0.2) is 48.5 Å². The van der Waals surface area contributed by atoms with E-state index in [1.165, 1.54) is 12.1 Å². The largest absolute Gasteiger partial charge is 0.454 e. The number of anilines is 1. The van der Waals surface area contributed by atoms with Crippen LogP contribution in [0.3, 0.4) is 0 Å².